The number of hydrogen-bond donors (Lipinski definition) is 2. The van der Waals surface area contributed by atoms with Gasteiger partial charge in [-0.25, -0.2) is 28.1 Å². The maximum Gasteiger partial charge on any atom is 0.174 e. The second-order valence-corrected chi connectivity index (χ2v) is 5.66. The first-order valence-electron chi connectivity index (χ1n) is 7.62. The number of nitriles is 1. The number of aromatic nitrogens is 4. The van der Waals surface area contributed by atoms with Crippen molar-refractivity contribution in [1.82, 2.24) is 19.9 Å². The lowest BCUT2D eigenvalue weighted by Crippen LogP contribution is -2.04. The number of pyridine rings is 1. The quantitative estimate of drug-likeness (QED) is 0.564. The van der Waals surface area contributed by atoms with Gasteiger partial charge < -0.3 is 10.7 Å². The van der Waals surface area contributed by atoms with Crippen LogP contribution in [0.3, 0.4) is 0 Å². The van der Waals surface area contributed by atoms with E-state index < -0.39 is 23.3 Å². The summed E-state index contributed by atoms with van der Waals surface area (Å²) in [5, 5.41) is 9.81. The minimum absolute atomic E-state index is 0.00787. The molecule has 3 aromatic heterocycles. The molecule has 0 radical (unpaired) electrons. The number of halogens is 3. The molecule has 4 rings (SSSR count). The highest BCUT2D eigenvalue weighted by Gasteiger charge is 2.24. The van der Waals surface area contributed by atoms with Crippen molar-refractivity contribution in [2.24, 2.45) is 0 Å². The Morgan fingerprint density at radius 3 is 2.56 bits per heavy atom. The minimum atomic E-state index is -0.901. The zero-order chi connectivity index (χ0) is 19.1. The molecule has 0 unspecified atom stereocenters. The van der Waals surface area contributed by atoms with Crippen molar-refractivity contribution in [3.8, 4) is 28.5 Å². The van der Waals surface area contributed by atoms with Crippen molar-refractivity contribution < 1.29 is 13.2 Å². The van der Waals surface area contributed by atoms with Crippen molar-refractivity contribution in [3.05, 3.63) is 60.1 Å². The first-order valence-corrected chi connectivity index (χ1v) is 7.62. The first-order chi connectivity index (χ1) is 13.0. The summed E-state index contributed by atoms with van der Waals surface area (Å²) in [4.78, 5) is 14.3. The molecule has 0 bridgehead atoms. The Labute approximate surface area is 150 Å². The number of nitrogens with zero attached hydrogens (tertiary/aromatic N) is 4. The number of benzene rings is 1. The lowest BCUT2D eigenvalue weighted by molar-refractivity contribution is 0.591. The van der Waals surface area contributed by atoms with Gasteiger partial charge >= 0.3 is 0 Å². The van der Waals surface area contributed by atoms with Gasteiger partial charge in [0.1, 0.15) is 24.0 Å². The molecule has 1 aromatic carbocycles. The number of hydrogen-bond acceptors (Lipinski definition) is 5. The molecule has 0 saturated carbocycles. The van der Waals surface area contributed by atoms with Crippen LogP contribution in [0.5, 0.6) is 0 Å². The molecule has 0 aliphatic carbocycles. The van der Waals surface area contributed by atoms with E-state index in [-0.39, 0.29) is 38.9 Å². The molecule has 0 aliphatic heterocycles. The van der Waals surface area contributed by atoms with Gasteiger partial charge in [0.15, 0.2) is 11.6 Å². The van der Waals surface area contributed by atoms with Crippen LogP contribution in [0.2, 0.25) is 0 Å². The Hall–Kier alpha value is -3.93. The summed E-state index contributed by atoms with van der Waals surface area (Å²) < 4.78 is 42.4. The van der Waals surface area contributed by atoms with Gasteiger partial charge in [-0.1, -0.05) is 0 Å². The molecule has 6 nitrogen and oxygen atoms in total. The van der Waals surface area contributed by atoms with E-state index in [4.69, 9.17) is 5.73 Å². The fourth-order valence-corrected chi connectivity index (χ4v) is 2.94. The van der Waals surface area contributed by atoms with Crippen molar-refractivity contribution in [2.45, 2.75) is 0 Å². The molecule has 132 valence electrons. The summed E-state index contributed by atoms with van der Waals surface area (Å²) in [5.74, 6) is -2.97. The van der Waals surface area contributed by atoms with Crippen molar-refractivity contribution in [1.29, 1.82) is 5.26 Å². The molecular formula is C18H9F3N6. The average molecular weight is 366 g/mol. The highest BCUT2D eigenvalue weighted by Crippen LogP contribution is 2.37. The highest BCUT2D eigenvalue weighted by atomic mass is 19.1. The van der Waals surface area contributed by atoms with Gasteiger partial charge in [-0.3, -0.25) is 0 Å². The van der Waals surface area contributed by atoms with Crippen LogP contribution < -0.4 is 5.73 Å². The number of nitrogen functional groups attached to an aromatic ring is 1. The Morgan fingerprint density at radius 2 is 1.85 bits per heavy atom. The maximum atomic E-state index is 14.7. The smallest absolute Gasteiger partial charge is 0.174 e. The topological polar surface area (TPSA) is 104 Å². The van der Waals surface area contributed by atoms with Crippen LogP contribution in [0.15, 0.2) is 37.1 Å². The molecule has 0 aliphatic rings. The van der Waals surface area contributed by atoms with Gasteiger partial charge in [-0.2, -0.15) is 5.26 Å². The number of aromatic amines is 1. The van der Waals surface area contributed by atoms with Crippen LogP contribution >= 0.6 is 0 Å². The van der Waals surface area contributed by atoms with Gasteiger partial charge in [-0.15, -0.1) is 0 Å². The van der Waals surface area contributed by atoms with Gasteiger partial charge in [0.25, 0.3) is 0 Å². The summed E-state index contributed by atoms with van der Waals surface area (Å²) in [6.45, 7) is 0. The van der Waals surface area contributed by atoms with Gasteiger partial charge in [0.05, 0.1) is 16.8 Å². The molecule has 27 heavy (non-hydrogen) atoms. The second kappa shape index (κ2) is 6.10. The normalized spacial score (nSPS) is 10.9. The van der Waals surface area contributed by atoms with E-state index in [2.05, 4.69) is 19.9 Å². The Balaban J connectivity index is 2.09. The van der Waals surface area contributed by atoms with E-state index in [1.54, 1.807) is 0 Å². The monoisotopic (exact) mass is 366 g/mol. The van der Waals surface area contributed by atoms with Crippen LogP contribution in [0, 0.1) is 28.8 Å². The molecule has 0 spiro atoms. The zero-order valence-electron chi connectivity index (χ0n) is 13.5. The molecule has 3 N–H and O–H groups in total. The van der Waals surface area contributed by atoms with Crippen LogP contribution in [-0.4, -0.2) is 19.9 Å². The molecule has 4 aromatic rings. The SMILES string of the molecule is N#Cc1c(-c2c[nH]c3c(F)cc(F)cc23)nc(N)c(F)c1-c1cncnc1. The fraction of sp³-hybridized carbons (Fsp3) is 0. The summed E-state index contributed by atoms with van der Waals surface area (Å²) in [6, 6.07) is 3.72. The lowest BCUT2D eigenvalue weighted by atomic mass is 9.97. The van der Waals surface area contributed by atoms with Gasteiger partial charge in [0, 0.05) is 46.7 Å². The standard InChI is InChI=1S/C18H9F3N6/c19-9-1-10-12(6-26-17(10)13(20)2-9)16-11(3-22)14(15(21)18(23)27-16)8-4-24-7-25-5-8/h1-2,4-7,26H,(H2,23,27). The first kappa shape index (κ1) is 16.5. The third kappa shape index (κ3) is 2.55. The van der Waals surface area contributed by atoms with Crippen molar-refractivity contribution in [2.75, 3.05) is 5.73 Å². The lowest BCUT2D eigenvalue weighted by Gasteiger charge is -2.11. The minimum Gasteiger partial charge on any atom is -0.381 e. The van der Waals surface area contributed by atoms with E-state index in [0.717, 1.165) is 12.1 Å². The molecule has 0 atom stereocenters. The highest BCUT2D eigenvalue weighted by molar-refractivity contribution is 5.98. The number of nitrogens with one attached hydrogen (secondary N) is 1. The Morgan fingerprint density at radius 1 is 1.11 bits per heavy atom. The second-order valence-electron chi connectivity index (χ2n) is 5.66. The van der Waals surface area contributed by atoms with E-state index in [1.165, 1.54) is 24.9 Å². The Kier molecular flexibility index (Phi) is 3.74. The third-order valence-electron chi connectivity index (χ3n) is 4.09. The maximum absolute atomic E-state index is 14.7. The molecular weight excluding hydrogens is 357 g/mol. The van der Waals surface area contributed by atoms with Crippen molar-refractivity contribution >= 4 is 16.7 Å². The van der Waals surface area contributed by atoms with Crippen molar-refractivity contribution in [3.63, 3.8) is 0 Å². The third-order valence-corrected chi connectivity index (χ3v) is 4.09. The molecule has 3 heterocycles. The van der Waals surface area contributed by atoms with E-state index in [0.29, 0.717) is 0 Å². The number of fused-ring (bicyclic) bond motifs is 1. The average Bonchev–Trinajstić information content (AvgIpc) is 3.08. The van der Waals surface area contributed by atoms with Gasteiger partial charge in [0.2, 0.25) is 0 Å². The molecule has 0 saturated heterocycles. The van der Waals surface area contributed by atoms with Crippen LogP contribution in [0.1, 0.15) is 5.56 Å². The summed E-state index contributed by atoms with van der Waals surface area (Å²) in [7, 11) is 0. The number of anilines is 1. The zero-order valence-corrected chi connectivity index (χ0v) is 13.5. The number of H-pyrrole nitrogens is 1. The summed E-state index contributed by atoms with van der Waals surface area (Å²) >= 11 is 0. The van der Waals surface area contributed by atoms with Crippen LogP contribution in [0.25, 0.3) is 33.3 Å². The van der Waals surface area contributed by atoms with E-state index in [1.807, 2.05) is 6.07 Å². The largest absolute Gasteiger partial charge is 0.381 e. The number of nitrogens with two attached hydrogens (primary N) is 1. The molecule has 0 amide bonds. The fourth-order valence-electron chi connectivity index (χ4n) is 2.94. The van der Waals surface area contributed by atoms with Crippen LogP contribution in [-0.2, 0) is 0 Å². The molecule has 9 heteroatoms. The van der Waals surface area contributed by atoms with Crippen LogP contribution in [0.4, 0.5) is 19.0 Å². The number of rotatable bonds is 2. The molecule has 0 fully saturated rings. The summed E-state index contributed by atoms with van der Waals surface area (Å²) in [5.41, 5.74) is 5.87. The predicted molar refractivity (Wildman–Crippen MR) is 91.6 cm³/mol. The van der Waals surface area contributed by atoms with E-state index in [9.17, 15) is 18.4 Å². The predicted octanol–water partition coefficient (Wildman–Crippen LogP) is 3.56. The van der Waals surface area contributed by atoms with E-state index >= 15 is 0 Å². The Bertz CT molecular complexity index is 1230. The van der Waals surface area contributed by atoms with Gasteiger partial charge in [-0.05, 0) is 6.07 Å². The summed E-state index contributed by atoms with van der Waals surface area (Å²) in [6.07, 6.45) is 5.26.